The van der Waals surface area contributed by atoms with Crippen molar-refractivity contribution in [2.45, 2.75) is 40.2 Å². The number of likely N-dealkylation sites (N-methyl/N-ethyl adjacent to an activating group) is 1. The van der Waals surface area contributed by atoms with Crippen LogP contribution in [0.25, 0.3) is 0 Å². The van der Waals surface area contributed by atoms with E-state index in [0.29, 0.717) is 28.6 Å². The van der Waals surface area contributed by atoms with E-state index in [2.05, 4.69) is 15.6 Å². The van der Waals surface area contributed by atoms with Crippen molar-refractivity contribution in [3.05, 3.63) is 45.6 Å². The van der Waals surface area contributed by atoms with Gasteiger partial charge in [0.05, 0.1) is 12.8 Å². The summed E-state index contributed by atoms with van der Waals surface area (Å²) < 4.78 is 11.0. The second kappa shape index (κ2) is 9.60. The molecule has 29 heavy (non-hydrogen) atoms. The molecule has 7 nitrogen and oxygen atoms in total. The first kappa shape index (κ1) is 22.5. The van der Waals surface area contributed by atoms with Gasteiger partial charge in [-0.1, -0.05) is 18.5 Å². The summed E-state index contributed by atoms with van der Waals surface area (Å²) in [6.45, 7) is 7.37. The van der Waals surface area contributed by atoms with E-state index in [1.54, 1.807) is 32.2 Å². The zero-order valence-electron chi connectivity index (χ0n) is 17.5. The topological polar surface area (TPSA) is 89.6 Å². The van der Waals surface area contributed by atoms with E-state index in [1.165, 1.54) is 7.11 Å². The number of hydrogen-bond donors (Lipinski definition) is 2. The van der Waals surface area contributed by atoms with Gasteiger partial charge in [-0.15, -0.1) is 0 Å². The van der Waals surface area contributed by atoms with Gasteiger partial charge in [-0.25, -0.2) is 9.78 Å². The molecule has 0 saturated carbocycles. The highest BCUT2D eigenvalue weighted by atomic mass is 35.5. The molecule has 0 spiro atoms. The summed E-state index contributed by atoms with van der Waals surface area (Å²) in [6, 6.07) is 4.70. The number of carbonyl (C=O) groups is 2. The fourth-order valence-electron chi connectivity index (χ4n) is 3.00. The normalized spacial score (nSPS) is 11.6. The van der Waals surface area contributed by atoms with Crippen molar-refractivity contribution in [1.29, 1.82) is 0 Å². The van der Waals surface area contributed by atoms with E-state index in [1.807, 2.05) is 20.8 Å². The summed E-state index contributed by atoms with van der Waals surface area (Å²) in [6.07, 6.45) is 0.521. The fourth-order valence-corrected chi connectivity index (χ4v) is 3.33. The molecular formula is C21H26ClN3O4. The number of benzene rings is 1. The second-order valence-electron chi connectivity index (χ2n) is 6.67. The van der Waals surface area contributed by atoms with Gasteiger partial charge in [0, 0.05) is 17.8 Å². The van der Waals surface area contributed by atoms with Crippen LogP contribution in [0.4, 0.5) is 5.69 Å². The van der Waals surface area contributed by atoms with Crippen LogP contribution < -0.4 is 15.4 Å². The van der Waals surface area contributed by atoms with Gasteiger partial charge < -0.3 is 20.1 Å². The van der Waals surface area contributed by atoms with E-state index >= 15 is 0 Å². The molecule has 0 fully saturated rings. The van der Waals surface area contributed by atoms with E-state index in [9.17, 15) is 9.59 Å². The summed E-state index contributed by atoms with van der Waals surface area (Å²) in [5.74, 6) is -0.155. The molecule has 2 aromatic rings. The number of aromatic nitrogens is 1. The summed E-state index contributed by atoms with van der Waals surface area (Å²) in [5.41, 5.74) is 2.76. The zero-order chi connectivity index (χ0) is 21.7. The Kier molecular flexibility index (Phi) is 7.45. The molecule has 1 aromatic carbocycles. The number of hydrogen-bond acceptors (Lipinski definition) is 6. The molecule has 0 aliphatic carbocycles. The highest BCUT2D eigenvalue weighted by Gasteiger charge is 2.25. The molecule has 0 bridgehead atoms. The largest absolute Gasteiger partial charge is 0.465 e. The molecule has 8 heteroatoms. The van der Waals surface area contributed by atoms with E-state index < -0.39 is 12.0 Å². The minimum absolute atomic E-state index is 0.0969. The minimum atomic E-state index is -0.619. The lowest BCUT2D eigenvalue weighted by Gasteiger charge is -2.21. The van der Waals surface area contributed by atoms with Gasteiger partial charge >= 0.3 is 5.97 Å². The van der Waals surface area contributed by atoms with Gasteiger partial charge in [0.25, 0.3) is 0 Å². The van der Waals surface area contributed by atoms with Crippen molar-refractivity contribution < 1.29 is 19.1 Å². The number of nitrogens with one attached hydrogen (secondary N) is 2. The Bertz CT molecular complexity index is 907. The number of nitrogens with zero attached hydrogens (tertiary/aromatic N) is 1. The van der Waals surface area contributed by atoms with Crippen molar-refractivity contribution in [3.63, 3.8) is 0 Å². The highest BCUT2D eigenvalue weighted by Crippen LogP contribution is 2.35. The monoisotopic (exact) mass is 419 g/mol. The maximum Gasteiger partial charge on any atom is 0.345 e. The number of aryl methyl sites for hydroxylation is 3. The first-order chi connectivity index (χ1) is 13.7. The third-order valence-electron chi connectivity index (χ3n) is 4.43. The molecule has 0 aliphatic rings. The SMILES string of the molecule is CCC(Nc1cc(C)nc(Oc2c(C)cc(Cl)cc2C)c1C(=O)OC)C(=O)NC. The number of methoxy groups -OCH3 is 1. The summed E-state index contributed by atoms with van der Waals surface area (Å²) in [7, 11) is 2.84. The number of esters is 1. The predicted octanol–water partition coefficient (Wildman–Crippen LogP) is 4.18. The first-order valence-electron chi connectivity index (χ1n) is 9.24. The molecule has 156 valence electrons. The molecule has 1 atom stereocenters. The number of rotatable bonds is 7. The summed E-state index contributed by atoms with van der Waals surface area (Å²) in [5, 5.41) is 6.32. The number of anilines is 1. The first-order valence-corrected chi connectivity index (χ1v) is 9.62. The quantitative estimate of drug-likeness (QED) is 0.654. The smallest absolute Gasteiger partial charge is 0.345 e. The van der Waals surface area contributed by atoms with Crippen molar-refractivity contribution in [3.8, 4) is 11.6 Å². The zero-order valence-corrected chi connectivity index (χ0v) is 18.2. The van der Waals surface area contributed by atoms with Gasteiger partial charge in [-0.2, -0.15) is 0 Å². The number of amides is 1. The maximum atomic E-state index is 12.6. The molecule has 0 saturated heterocycles. The molecule has 1 amide bonds. The molecule has 2 rings (SSSR count). The van der Waals surface area contributed by atoms with Crippen molar-refractivity contribution in [1.82, 2.24) is 10.3 Å². The van der Waals surface area contributed by atoms with Crippen LogP contribution in [0.5, 0.6) is 11.6 Å². The Morgan fingerprint density at radius 2 is 1.79 bits per heavy atom. The van der Waals surface area contributed by atoms with Crippen LogP contribution in [0.2, 0.25) is 5.02 Å². The van der Waals surface area contributed by atoms with Crippen LogP contribution in [0, 0.1) is 20.8 Å². The number of halogens is 1. The minimum Gasteiger partial charge on any atom is -0.465 e. The molecule has 0 aliphatic heterocycles. The van der Waals surface area contributed by atoms with Gasteiger partial charge in [0.15, 0.2) is 0 Å². The Labute approximate surface area is 175 Å². The second-order valence-corrected chi connectivity index (χ2v) is 7.11. The van der Waals surface area contributed by atoms with Gasteiger partial charge in [0.1, 0.15) is 17.4 Å². The van der Waals surface area contributed by atoms with Gasteiger partial charge in [-0.05, 0) is 56.5 Å². The Morgan fingerprint density at radius 1 is 1.17 bits per heavy atom. The van der Waals surface area contributed by atoms with Crippen molar-refractivity contribution >= 4 is 29.2 Å². The Morgan fingerprint density at radius 3 is 2.31 bits per heavy atom. The molecule has 0 radical (unpaired) electrons. The predicted molar refractivity (Wildman–Crippen MR) is 113 cm³/mol. The summed E-state index contributed by atoms with van der Waals surface area (Å²) >= 11 is 6.10. The molecule has 1 unspecified atom stereocenters. The third-order valence-corrected chi connectivity index (χ3v) is 4.65. The maximum absolute atomic E-state index is 12.6. The van der Waals surface area contributed by atoms with Crippen LogP contribution in [0.15, 0.2) is 18.2 Å². The number of carbonyl (C=O) groups excluding carboxylic acids is 2. The number of ether oxygens (including phenoxy) is 2. The van der Waals surface area contributed by atoms with Gasteiger partial charge in [0.2, 0.25) is 11.8 Å². The molecule has 1 heterocycles. The fraction of sp³-hybridized carbons (Fsp3) is 0.381. The van der Waals surface area contributed by atoms with Crippen molar-refractivity contribution in [2.75, 3.05) is 19.5 Å². The van der Waals surface area contributed by atoms with Crippen LogP contribution in [0.1, 0.15) is 40.5 Å². The Balaban J connectivity index is 2.59. The lowest BCUT2D eigenvalue weighted by atomic mass is 10.1. The lowest BCUT2D eigenvalue weighted by Crippen LogP contribution is -2.37. The average molecular weight is 420 g/mol. The van der Waals surface area contributed by atoms with Crippen LogP contribution in [0.3, 0.4) is 0 Å². The van der Waals surface area contributed by atoms with Crippen molar-refractivity contribution in [2.24, 2.45) is 0 Å². The van der Waals surface area contributed by atoms with Crippen LogP contribution in [-0.2, 0) is 9.53 Å². The van der Waals surface area contributed by atoms with Gasteiger partial charge in [-0.3, -0.25) is 4.79 Å². The lowest BCUT2D eigenvalue weighted by molar-refractivity contribution is -0.121. The van der Waals surface area contributed by atoms with Crippen LogP contribution >= 0.6 is 11.6 Å². The molecule has 1 aromatic heterocycles. The van der Waals surface area contributed by atoms with E-state index in [0.717, 1.165) is 11.1 Å². The van der Waals surface area contributed by atoms with E-state index in [4.69, 9.17) is 21.1 Å². The highest BCUT2D eigenvalue weighted by molar-refractivity contribution is 6.30. The Hall–Kier alpha value is -2.80. The van der Waals surface area contributed by atoms with Crippen LogP contribution in [-0.4, -0.2) is 37.1 Å². The number of pyridine rings is 1. The summed E-state index contributed by atoms with van der Waals surface area (Å²) in [4.78, 5) is 29.1. The standard InChI is InChI=1S/C21H26ClN3O4/c1-7-15(19(26)23-5)25-16-10-13(4)24-20(17(16)21(27)28-6)29-18-11(2)8-14(22)9-12(18)3/h8-10,15H,7H2,1-6H3,(H,23,26)(H,24,25). The molecular weight excluding hydrogens is 394 g/mol. The molecule has 2 N–H and O–H groups in total. The van der Waals surface area contributed by atoms with E-state index in [-0.39, 0.29) is 17.4 Å². The average Bonchev–Trinajstić information content (AvgIpc) is 2.67. The third kappa shape index (κ3) is 5.17.